The minimum absolute atomic E-state index is 1.41. The Morgan fingerprint density at radius 3 is 1.00 bits per heavy atom. The summed E-state index contributed by atoms with van der Waals surface area (Å²) in [5.41, 5.74) is 5.20. The van der Waals surface area contributed by atoms with E-state index in [9.17, 15) is 0 Å². The van der Waals surface area contributed by atoms with E-state index in [1.807, 2.05) is 0 Å². The van der Waals surface area contributed by atoms with Crippen LogP contribution >= 0.6 is 0 Å². The molecule has 0 nitrogen and oxygen atoms in total. The third kappa shape index (κ3) is 4.51. The minimum Gasteiger partial charge on any atom is -0.0957 e. The molecular formula is C32H28Si2. The lowest BCUT2D eigenvalue weighted by Crippen LogP contribution is -2.66. The maximum atomic E-state index is 2.61. The predicted molar refractivity (Wildman–Crippen MR) is 152 cm³/mol. The first kappa shape index (κ1) is 22.1. The summed E-state index contributed by atoms with van der Waals surface area (Å²) in [4.78, 5) is 0. The van der Waals surface area contributed by atoms with Crippen molar-refractivity contribution in [3.63, 3.8) is 0 Å². The number of rotatable bonds is 7. The smallest absolute Gasteiger partial charge is 0.0957 e. The third-order valence-electron chi connectivity index (χ3n) is 6.54. The van der Waals surface area contributed by atoms with E-state index in [0.29, 0.717) is 0 Å². The van der Waals surface area contributed by atoms with Gasteiger partial charge in [0.05, 0.1) is 0 Å². The Morgan fingerprint density at radius 2 is 0.676 bits per heavy atom. The average Bonchev–Trinajstić information content (AvgIpc) is 2.94. The van der Waals surface area contributed by atoms with Gasteiger partial charge in [-0.1, -0.05) is 173 Å². The zero-order valence-corrected chi connectivity index (χ0v) is 21.3. The van der Waals surface area contributed by atoms with Crippen molar-refractivity contribution in [1.29, 1.82) is 0 Å². The Bertz CT molecular complexity index is 1180. The number of benzene rings is 5. The summed E-state index contributed by atoms with van der Waals surface area (Å²) in [5.74, 6) is 0. The molecule has 0 unspecified atom stereocenters. The first-order chi connectivity index (χ1) is 16.9. The molecule has 0 spiro atoms. The fourth-order valence-electron chi connectivity index (χ4n) is 4.87. The second-order valence-electron chi connectivity index (χ2n) is 8.56. The molecule has 0 atom stereocenters. The van der Waals surface area contributed by atoms with E-state index < -0.39 is 16.9 Å². The molecule has 0 fully saturated rings. The summed E-state index contributed by atoms with van der Waals surface area (Å²) in [6.45, 7) is 0. The quantitative estimate of drug-likeness (QED) is 0.252. The molecule has 0 aliphatic rings. The summed E-state index contributed by atoms with van der Waals surface area (Å²) in [7, 11) is -3.96. The van der Waals surface area contributed by atoms with Crippen LogP contribution in [-0.2, 0) is 0 Å². The van der Waals surface area contributed by atoms with Crippen LogP contribution in [0.1, 0.15) is 0 Å². The molecule has 0 saturated heterocycles. The van der Waals surface area contributed by atoms with E-state index in [1.54, 1.807) is 0 Å². The van der Waals surface area contributed by atoms with Crippen LogP contribution in [0.4, 0.5) is 0 Å². The normalized spacial score (nSPS) is 11.7. The molecule has 2 heteroatoms. The highest BCUT2D eigenvalue weighted by atomic mass is 28.3. The largest absolute Gasteiger partial charge is 0.171 e. The summed E-state index contributed by atoms with van der Waals surface area (Å²) in [6.07, 6.45) is 0. The van der Waals surface area contributed by atoms with Gasteiger partial charge in [0.25, 0.3) is 0 Å². The van der Waals surface area contributed by atoms with Crippen LogP contribution in [0.2, 0.25) is 0 Å². The van der Waals surface area contributed by atoms with Gasteiger partial charge in [-0.05, 0) is 15.6 Å². The van der Waals surface area contributed by atoms with Gasteiger partial charge in [-0.3, -0.25) is 0 Å². The molecule has 0 saturated carbocycles. The first-order valence-electron chi connectivity index (χ1n) is 11.8. The van der Waals surface area contributed by atoms with Gasteiger partial charge in [0, 0.05) is 0 Å². The van der Waals surface area contributed by atoms with Gasteiger partial charge in [-0.2, -0.15) is 0 Å². The van der Waals surface area contributed by atoms with Gasteiger partial charge in [-0.25, -0.2) is 0 Å². The highest BCUT2D eigenvalue weighted by Gasteiger charge is 2.37. The fraction of sp³-hybridized carbons (Fsp3) is 0. The second-order valence-corrected chi connectivity index (χ2v) is 14.9. The van der Waals surface area contributed by atoms with E-state index in [-0.39, 0.29) is 0 Å². The summed E-state index contributed by atoms with van der Waals surface area (Å²) in [6, 6.07) is 55.4. The van der Waals surface area contributed by atoms with Crippen molar-refractivity contribution in [2.24, 2.45) is 0 Å². The molecule has 164 valence electrons. The topological polar surface area (TPSA) is 0 Å². The Balaban J connectivity index is 1.75. The zero-order chi connectivity index (χ0) is 23.1. The number of hydrogen-bond acceptors (Lipinski definition) is 0. The maximum absolute atomic E-state index is 2.61. The van der Waals surface area contributed by atoms with Crippen molar-refractivity contribution in [3.05, 3.63) is 163 Å². The van der Waals surface area contributed by atoms with Gasteiger partial charge >= 0.3 is 0 Å². The minimum atomic E-state index is -2.40. The molecule has 0 N–H and O–H groups in total. The van der Waals surface area contributed by atoms with Gasteiger partial charge < -0.3 is 0 Å². The molecule has 0 aromatic heterocycles. The molecule has 0 heterocycles. The third-order valence-corrected chi connectivity index (χ3v) is 14.1. The SMILES string of the molecule is C(=C\[Si](c1ccccc1)(c1ccccc1)c1ccccc1)/[SiH](c1ccccc1)c1ccccc1. The first-order valence-corrected chi connectivity index (χ1v) is 15.7. The van der Waals surface area contributed by atoms with Gasteiger partial charge in [0.2, 0.25) is 0 Å². The highest BCUT2D eigenvalue weighted by Crippen LogP contribution is 2.11. The molecule has 0 aliphatic carbocycles. The standard InChI is InChI=1S/C32H28Si2/c1-6-16-28(17-7-1)33(29-18-8-2-9-19-29)26-27-34(30-20-10-3-11-21-30,31-22-12-4-13-23-31)32-24-14-5-15-25-32/h1-27,33H/b27-26+. The van der Waals surface area contributed by atoms with Crippen LogP contribution < -0.4 is 25.9 Å². The van der Waals surface area contributed by atoms with Crippen LogP contribution in [-0.4, -0.2) is 16.9 Å². The highest BCUT2D eigenvalue weighted by molar-refractivity contribution is 7.15. The van der Waals surface area contributed by atoms with Crippen LogP contribution in [0.5, 0.6) is 0 Å². The van der Waals surface area contributed by atoms with E-state index in [4.69, 9.17) is 0 Å². The molecule has 0 bridgehead atoms. The Morgan fingerprint density at radius 1 is 0.382 bits per heavy atom. The lowest BCUT2D eigenvalue weighted by Gasteiger charge is -2.31. The Labute approximate surface area is 205 Å². The maximum Gasteiger partial charge on any atom is 0.171 e. The average molecular weight is 469 g/mol. The van der Waals surface area contributed by atoms with Crippen LogP contribution in [0.15, 0.2) is 163 Å². The Kier molecular flexibility index (Phi) is 6.80. The lowest BCUT2D eigenvalue weighted by molar-refractivity contribution is 1.68. The molecule has 5 aromatic rings. The molecule has 0 aliphatic heterocycles. The van der Waals surface area contributed by atoms with E-state index in [0.717, 1.165) is 0 Å². The van der Waals surface area contributed by atoms with Crippen molar-refractivity contribution in [2.75, 3.05) is 0 Å². The summed E-state index contributed by atoms with van der Waals surface area (Å²) < 4.78 is 0. The fourth-order valence-corrected chi connectivity index (χ4v) is 12.6. The van der Waals surface area contributed by atoms with Crippen molar-refractivity contribution >= 4 is 42.8 Å². The molecule has 0 amide bonds. The lowest BCUT2D eigenvalue weighted by atomic mass is 10.3. The van der Waals surface area contributed by atoms with E-state index >= 15 is 0 Å². The van der Waals surface area contributed by atoms with Gasteiger partial charge in [0.15, 0.2) is 8.07 Å². The summed E-state index contributed by atoms with van der Waals surface area (Å²) >= 11 is 0. The van der Waals surface area contributed by atoms with Crippen LogP contribution in [0.25, 0.3) is 0 Å². The zero-order valence-electron chi connectivity index (χ0n) is 19.2. The second kappa shape index (κ2) is 10.5. The predicted octanol–water partition coefficient (Wildman–Crippen LogP) is 3.83. The van der Waals surface area contributed by atoms with Crippen molar-refractivity contribution in [2.45, 2.75) is 0 Å². The van der Waals surface area contributed by atoms with Gasteiger partial charge in [-0.15, -0.1) is 0 Å². The van der Waals surface area contributed by atoms with Crippen LogP contribution in [0, 0.1) is 0 Å². The van der Waals surface area contributed by atoms with E-state index in [2.05, 4.69) is 163 Å². The molecule has 5 rings (SSSR count). The van der Waals surface area contributed by atoms with E-state index in [1.165, 1.54) is 25.9 Å². The molecule has 0 radical (unpaired) electrons. The van der Waals surface area contributed by atoms with Crippen molar-refractivity contribution in [3.8, 4) is 0 Å². The van der Waals surface area contributed by atoms with Crippen molar-refractivity contribution < 1.29 is 0 Å². The summed E-state index contributed by atoms with van der Waals surface area (Å²) in [5, 5.41) is 7.14. The number of hydrogen-bond donors (Lipinski definition) is 0. The monoisotopic (exact) mass is 468 g/mol. The van der Waals surface area contributed by atoms with Crippen LogP contribution in [0.3, 0.4) is 0 Å². The Hall–Kier alpha value is -3.73. The molecule has 34 heavy (non-hydrogen) atoms. The molecule has 5 aromatic carbocycles. The van der Waals surface area contributed by atoms with Crippen molar-refractivity contribution in [1.82, 2.24) is 0 Å². The van der Waals surface area contributed by atoms with Gasteiger partial charge in [0.1, 0.15) is 8.80 Å². The molecular weight excluding hydrogens is 441 g/mol.